The molecule has 142 valence electrons. The number of hydrogen-bond donors (Lipinski definition) is 2. The van der Waals surface area contributed by atoms with Gasteiger partial charge in [0, 0.05) is 28.9 Å². The molecule has 1 saturated carbocycles. The van der Waals surface area contributed by atoms with Crippen molar-refractivity contribution in [3.63, 3.8) is 0 Å². The van der Waals surface area contributed by atoms with Crippen LogP contribution < -0.4 is 5.32 Å². The Kier molecular flexibility index (Phi) is 6.46. The molecule has 0 spiro atoms. The van der Waals surface area contributed by atoms with E-state index in [0.717, 1.165) is 17.7 Å². The molecule has 2 amide bonds. The second-order valence-corrected chi connectivity index (χ2v) is 8.78. The van der Waals surface area contributed by atoms with Crippen molar-refractivity contribution in [3.05, 3.63) is 23.8 Å². The van der Waals surface area contributed by atoms with Crippen LogP contribution in [0.4, 0.5) is 10.5 Å². The Hall–Kier alpha value is -1.69. The molecule has 1 aromatic rings. The molecule has 1 aliphatic heterocycles. The SMILES string of the molecule is Cc1cc(SC2CCCCC2)ccc1NC(=O)N1CCCC(C(=O)O)C1. The van der Waals surface area contributed by atoms with Gasteiger partial charge in [0.05, 0.1) is 5.92 Å². The van der Waals surface area contributed by atoms with Crippen molar-refractivity contribution in [2.75, 3.05) is 18.4 Å². The van der Waals surface area contributed by atoms with E-state index in [1.165, 1.54) is 37.0 Å². The monoisotopic (exact) mass is 376 g/mol. The zero-order valence-corrected chi connectivity index (χ0v) is 16.2. The molecule has 2 aliphatic rings. The van der Waals surface area contributed by atoms with Crippen molar-refractivity contribution in [2.45, 2.75) is 62.0 Å². The first-order chi connectivity index (χ1) is 12.5. The van der Waals surface area contributed by atoms with Crippen molar-refractivity contribution in [1.82, 2.24) is 4.90 Å². The summed E-state index contributed by atoms with van der Waals surface area (Å²) in [6.07, 6.45) is 7.99. The highest BCUT2D eigenvalue weighted by Crippen LogP contribution is 2.35. The summed E-state index contributed by atoms with van der Waals surface area (Å²) in [4.78, 5) is 26.6. The van der Waals surface area contributed by atoms with Crippen LogP contribution in [0.15, 0.2) is 23.1 Å². The average molecular weight is 377 g/mol. The zero-order chi connectivity index (χ0) is 18.5. The van der Waals surface area contributed by atoms with Crippen LogP contribution in [0.3, 0.4) is 0 Å². The first kappa shape index (κ1) is 19.1. The molecule has 1 atom stereocenters. The molecular formula is C20H28N2O3S. The smallest absolute Gasteiger partial charge is 0.321 e. The van der Waals surface area contributed by atoms with Gasteiger partial charge in [-0.25, -0.2) is 4.79 Å². The number of anilines is 1. The van der Waals surface area contributed by atoms with E-state index in [1.807, 2.05) is 24.8 Å². The van der Waals surface area contributed by atoms with E-state index in [1.54, 1.807) is 4.90 Å². The third kappa shape index (κ3) is 4.93. The molecule has 1 aliphatic carbocycles. The molecule has 1 unspecified atom stereocenters. The molecule has 0 bridgehead atoms. The van der Waals surface area contributed by atoms with Crippen LogP contribution in [0.2, 0.25) is 0 Å². The van der Waals surface area contributed by atoms with Gasteiger partial charge in [-0.15, -0.1) is 11.8 Å². The summed E-state index contributed by atoms with van der Waals surface area (Å²) < 4.78 is 0. The number of aliphatic carboxylic acids is 1. The Morgan fingerprint density at radius 3 is 2.62 bits per heavy atom. The van der Waals surface area contributed by atoms with Gasteiger partial charge in [-0.1, -0.05) is 19.3 Å². The van der Waals surface area contributed by atoms with Crippen LogP contribution in [0.25, 0.3) is 0 Å². The third-order valence-corrected chi connectivity index (χ3v) is 6.68. The number of likely N-dealkylation sites (tertiary alicyclic amines) is 1. The molecule has 1 heterocycles. The normalized spacial score (nSPS) is 21.4. The summed E-state index contributed by atoms with van der Waals surface area (Å²) in [6, 6.07) is 5.99. The van der Waals surface area contributed by atoms with Crippen LogP contribution in [-0.4, -0.2) is 40.3 Å². The number of nitrogens with zero attached hydrogens (tertiary/aromatic N) is 1. The summed E-state index contributed by atoms with van der Waals surface area (Å²) in [5.74, 6) is -1.27. The van der Waals surface area contributed by atoms with Gasteiger partial charge in [-0.05, 0) is 56.4 Å². The molecule has 3 rings (SSSR count). The summed E-state index contributed by atoms with van der Waals surface area (Å²) in [7, 11) is 0. The maximum absolute atomic E-state index is 12.5. The number of nitrogens with one attached hydrogen (secondary N) is 1. The van der Waals surface area contributed by atoms with Crippen LogP contribution >= 0.6 is 11.8 Å². The Bertz CT molecular complexity index is 658. The fourth-order valence-corrected chi connectivity index (χ4v) is 5.13. The zero-order valence-electron chi connectivity index (χ0n) is 15.4. The summed E-state index contributed by atoms with van der Waals surface area (Å²) >= 11 is 1.95. The maximum atomic E-state index is 12.5. The lowest BCUT2D eigenvalue weighted by molar-refractivity contribution is -0.143. The second kappa shape index (κ2) is 8.80. The summed E-state index contributed by atoms with van der Waals surface area (Å²) in [5.41, 5.74) is 1.85. The van der Waals surface area contributed by atoms with E-state index < -0.39 is 11.9 Å². The number of aryl methyl sites for hydroxylation is 1. The largest absolute Gasteiger partial charge is 0.481 e. The minimum atomic E-state index is -0.817. The molecule has 1 aromatic carbocycles. The molecule has 0 radical (unpaired) electrons. The lowest BCUT2D eigenvalue weighted by atomic mass is 9.99. The van der Waals surface area contributed by atoms with E-state index in [4.69, 9.17) is 0 Å². The van der Waals surface area contributed by atoms with E-state index >= 15 is 0 Å². The number of carboxylic acids is 1. The van der Waals surface area contributed by atoms with E-state index in [-0.39, 0.29) is 12.6 Å². The maximum Gasteiger partial charge on any atom is 0.321 e. The molecule has 2 N–H and O–H groups in total. The Labute approximate surface area is 159 Å². The number of piperidine rings is 1. The number of amides is 2. The number of rotatable bonds is 4. The topological polar surface area (TPSA) is 69.6 Å². The van der Waals surface area contributed by atoms with Crippen molar-refractivity contribution in [3.8, 4) is 0 Å². The van der Waals surface area contributed by atoms with Gasteiger partial charge in [-0.2, -0.15) is 0 Å². The molecule has 0 aromatic heterocycles. The van der Waals surface area contributed by atoms with Crippen molar-refractivity contribution in [1.29, 1.82) is 0 Å². The van der Waals surface area contributed by atoms with Crippen molar-refractivity contribution < 1.29 is 14.7 Å². The predicted molar refractivity (Wildman–Crippen MR) is 105 cm³/mol. The van der Waals surface area contributed by atoms with Gasteiger partial charge in [0.15, 0.2) is 0 Å². The first-order valence-corrected chi connectivity index (χ1v) is 10.5. The quantitative estimate of drug-likeness (QED) is 0.796. The molecule has 1 saturated heterocycles. The molecule has 6 heteroatoms. The fourth-order valence-electron chi connectivity index (χ4n) is 3.78. The summed E-state index contributed by atoms with van der Waals surface area (Å²) in [5, 5.41) is 12.8. The van der Waals surface area contributed by atoms with Gasteiger partial charge >= 0.3 is 12.0 Å². The van der Waals surface area contributed by atoms with Crippen LogP contribution in [-0.2, 0) is 4.79 Å². The molecule has 2 fully saturated rings. The lowest BCUT2D eigenvalue weighted by Crippen LogP contribution is -2.44. The number of carbonyl (C=O) groups excluding carboxylic acids is 1. The number of hydrogen-bond acceptors (Lipinski definition) is 3. The molecule has 5 nitrogen and oxygen atoms in total. The minimum Gasteiger partial charge on any atom is -0.481 e. The van der Waals surface area contributed by atoms with Crippen LogP contribution in [0.5, 0.6) is 0 Å². The molecule has 26 heavy (non-hydrogen) atoms. The van der Waals surface area contributed by atoms with Crippen molar-refractivity contribution >= 4 is 29.4 Å². The lowest BCUT2D eigenvalue weighted by Gasteiger charge is -2.31. The standard InChI is InChI=1S/C20H28N2O3S/c1-14-12-17(26-16-7-3-2-4-8-16)9-10-18(14)21-20(25)22-11-5-6-15(13-22)19(23)24/h9-10,12,15-16H,2-8,11,13H2,1H3,(H,21,25)(H,23,24). The van der Waals surface area contributed by atoms with Gasteiger partial charge in [0.25, 0.3) is 0 Å². The number of urea groups is 1. The second-order valence-electron chi connectivity index (χ2n) is 7.41. The first-order valence-electron chi connectivity index (χ1n) is 9.59. The fraction of sp³-hybridized carbons (Fsp3) is 0.600. The Morgan fingerprint density at radius 2 is 1.92 bits per heavy atom. The van der Waals surface area contributed by atoms with Gasteiger partial charge < -0.3 is 15.3 Å². The Balaban J connectivity index is 1.58. The van der Waals surface area contributed by atoms with Crippen LogP contribution in [0.1, 0.15) is 50.5 Å². The highest BCUT2D eigenvalue weighted by atomic mass is 32.2. The highest BCUT2D eigenvalue weighted by Gasteiger charge is 2.28. The third-order valence-electron chi connectivity index (χ3n) is 5.35. The van der Waals surface area contributed by atoms with Crippen LogP contribution in [0, 0.1) is 12.8 Å². The highest BCUT2D eigenvalue weighted by molar-refractivity contribution is 8.00. The van der Waals surface area contributed by atoms with Gasteiger partial charge in [0.1, 0.15) is 0 Å². The average Bonchev–Trinajstić information content (AvgIpc) is 2.65. The van der Waals surface area contributed by atoms with Crippen molar-refractivity contribution in [2.24, 2.45) is 5.92 Å². The number of carboxylic acid groups (broad SMARTS) is 1. The summed E-state index contributed by atoms with van der Waals surface area (Å²) in [6.45, 7) is 2.91. The van der Waals surface area contributed by atoms with E-state index in [2.05, 4.69) is 17.4 Å². The van der Waals surface area contributed by atoms with Gasteiger partial charge in [0.2, 0.25) is 0 Å². The van der Waals surface area contributed by atoms with E-state index in [9.17, 15) is 14.7 Å². The molecular weight excluding hydrogens is 348 g/mol. The Morgan fingerprint density at radius 1 is 1.15 bits per heavy atom. The number of benzene rings is 1. The van der Waals surface area contributed by atoms with Gasteiger partial charge in [-0.3, -0.25) is 4.79 Å². The minimum absolute atomic E-state index is 0.202. The number of carbonyl (C=O) groups is 2. The predicted octanol–water partition coefficient (Wildman–Crippen LogP) is 4.75. The van der Waals surface area contributed by atoms with E-state index in [0.29, 0.717) is 18.2 Å². The number of thioether (sulfide) groups is 1.